The van der Waals surface area contributed by atoms with E-state index in [0.29, 0.717) is 25.1 Å². The fourth-order valence-corrected chi connectivity index (χ4v) is 2.33. The SMILES string of the molecule is CC(NC(=O)CCCN)c1ccc(NC(=O)Nc2ccccc2)cc1.Cl. The van der Waals surface area contributed by atoms with Gasteiger partial charge >= 0.3 is 6.03 Å². The number of carbonyl (C=O) groups excluding carboxylic acids is 2. The quantitative estimate of drug-likeness (QED) is 0.593. The van der Waals surface area contributed by atoms with Crippen LogP contribution in [-0.2, 0) is 4.79 Å². The molecule has 0 saturated heterocycles. The lowest BCUT2D eigenvalue weighted by molar-refractivity contribution is -0.121. The molecule has 6 nitrogen and oxygen atoms in total. The molecule has 2 rings (SSSR count). The Hall–Kier alpha value is -2.57. The third kappa shape index (κ3) is 7.13. The largest absolute Gasteiger partial charge is 0.350 e. The van der Waals surface area contributed by atoms with Crippen molar-refractivity contribution < 1.29 is 9.59 Å². The molecule has 2 aromatic rings. The Morgan fingerprint density at radius 2 is 1.54 bits per heavy atom. The monoisotopic (exact) mass is 376 g/mol. The predicted molar refractivity (Wildman–Crippen MR) is 108 cm³/mol. The van der Waals surface area contributed by atoms with Crippen LogP contribution in [0.15, 0.2) is 54.6 Å². The van der Waals surface area contributed by atoms with E-state index in [1.54, 1.807) is 0 Å². The van der Waals surface area contributed by atoms with Gasteiger partial charge in [-0.05, 0) is 49.7 Å². The number of para-hydroxylation sites is 1. The summed E-state index contributed by atoms with van der Waals surface area (Å²) in [6, 6.07) is 16.2. The number of urea groups is 1. The van der Waals surface area contributed by atoms with E-state index < -0.39 is 0 Å². The van der Waals surface area contributed by atoms with Crippen LogP contribution in [0.1, 0.15) is 31.4 Å². The molecule has 140 valence electrons. The molecule has 5 N–H and O–H groups in total. The second-order valence-corrected chi connectivity index (χ2v) is 5.75. The van der Waals surface area contributed by atoms with Crippen molar-refractivity contribution in [3.05, 3.63) is 60.2 Å². The fraction of sp³-hybridized carbons (Fsp3) is 0.263. The zero-order chi connectivity index (χ0) is 18.1. The van der Waals surface area contributed by atoms with Crippen LogP contribution in [0, 0.1) is 0 Å². The molecule has 0 bridgehead atoms. The van der Waals surface area contributed by atoms with Gasteiger partial charge in [0.2, 0.25) is 5.91 Å². The highest BCUT2D eigenvalue weighted by Crippen LogP contribution is 2.16. The van der Waals surface area contributed by atoms with E-state index in [1.165, 1.54) is 0 Å². The van der Waals surface area contributed by atoms with E-state index in [9.17, 15) is 9.59 Å². The molecule has 0 aliphatic rings. The van der Waals surface area contributed by atoms with Gasteiger partial charge in [0.1, 0.15) is 0 Å². The Balaban J connectivity index is 0.00000338. The third-order valence-electron chi connectivity index (χ3n) is 3.69. The Bertz CT molecular complexity index is 692. The van der Waals surface area contributed by atoms with E-state index in [0.717, 1.165) is 11.3 Å². The van der Waals surface area contributed by atoms with Crippen LogP contribution in [0.3, 0.4) is 0 Å². The Labute approximate surface area is 160 Å². The Kier molecular flexibility index (Phi) is 9.19. The minimum atomic E-state index is -0.304. The summed E-state index contributed by atoms with van der Waals surface area (Å²) in [5.41, 5.74) is 7.78. The molecule has 2 aromatic carbocycles. The maximum Gasteiger partial charge on any atom is 0.323 e. The van der Waals surface area contributed by atoms with Gasteiger partial charge in [0.25, 0.3) is 0 Å². The maximum atomic E-state index is 12.0. The lowest BCUT2D eigenvalue weighted by atomic mass is 10.1. The smallest absolute Gasteiger partial charge is 0.323 e. The summed E-state index contributed by atoms with van der Waals surface area (Å²) in [6.07, 6.45) is 1.11. The van der Waals surface area contributed by atoms with Gasteiger partial charge in [0.05, 0.1) is 6.04 Å². The Morgan fingerprint density at radius 3 is 2.12 bits per heavy atom. The fourth-order valence-electron chi connectivity index (χ4n) is 2.33. The molecule has 0 aliphatic carbocycles. The van der Waals surface area contributed by atoms with Crippen molar-refractivity contribution in [1.29, 1.82) is 0 Å². The highest BCUT2D eigenvalue weighted by atomic mass is 35.5. The van der Waals surface area contributed by atoms with Gasteiger partial charge < -0.3 is 21.7 Å². The summed E-state index contributed by atoms with van der Waals surface area (Å²) >= 11 is 0. The van der Waals surface area contributed by atoms with Crippen molar-refractivity contribution in [2.75, 3.05) is 17.2 Å². The molecule has 0 heterocycles. The molecule has 0 aromatic heterocycles. The minimum absolute atomic E-state index is 0. The molecule has 0 spiro atoms. The molecule has 1 unspecified atom stereocenters. The second kappa shape index (κ2) is 11.1. The van der Waals surface area contributed by atoms with E-state index in [1.807, 2.05) is 61.5 Å². The molecule has 26 heavy (non-hydrogen) atoms. The summed E-state index contributed by atoms with van der Waals surface area (Å²) < 4.78 is 0. The van der Waals surface area contributed by atoms with Gasteiger partial charge in [-0.1, -0.05) is 30.3 Å². The third-order valence-corrected chi connectivity index (χ3v) is 3.69. The van der Waals surface area contributed by atoms with Gasteiger partial charge in [-0.15, -0.1) is 12.4 Å². The van der Waals surface area contributed by atoms with Gasteiger partial charge in [-0.2, -0.15) is 0 Å². The summed E-state index contributed by atoms with van der Waals surface area (Å²) in [4.78, 5) is 23.7. The highest BCUT2D eigenvalue weighted by molar-refractivity contribution is 5.99. The number of hydrogen-bond donors (Lipinski definition) is 4. The molecular weight excluding hydrogens is 352 g/mol. The number of nitrogens with two attached hydrogens (primary N) is 1. The van der Waals surface area contributed by atoms with E-state index in [-0.39, 0.29) is 30.4 Å². The molecule has 1 atom stereocenters. The van der Waals surface area contributed by atoms with Crippen LogP contribution >= 0.6 is 12.4 Å². The van der Waals surface area contributed by atoms with Crippen LogP contribution in [-0.4, -0.2) is 18.5 Å². The summed E-state index contributed by atoms with van der Waals surface area (Å²) in [5, 5.41) is 8.46. The number of halogens is 1. The summed E-state index contributed by atoms with van der Waals surface area (Å²) in [7, 11) is 0. The first-order valence-electron chi connectivity index (χ1n) is 8.31. The van der Waals surface area contributed by atoms with Gasteiger partial charge in [0.15, 0.2) is 0 Å². The predicted octanol–water partition coefficient (Wildman–Crippen LogP) is 3.67. The van der Waals surface area contributed by atoms with Crippen LogP contribution in [0.5, 0.6) is 0 Å². The zero-order valence-electron chi connectivity index (χ0n) is 14.7. The van der Waals surface area contributed by atoms with Crippen molar-refractivity contribution in [3.63, 3.8) is 0 Å². The van der Waals surface area contributed by atoms with E-state index in [2.05, 4.69) is 16.0 Å². The van der Waals surface area contributed by atoms with Gasteiger partial charge in [-0.3, -0.25) is 4.79 Å². The van der Waals surface area contributed by atoms with Crippen molar-refractivity contribution in [2.45, 2.75) is 25.8 Å². The van der Waals surface area contributed by atoms with E-state index in [4.69, 9.17) is 5.73 Å². The average molecular weight is 377 g/mol. The minimum Gasteiger partial charge on any atom is -0.350 e. The first-order valence-corrected chi connectivity index (χ1v) is 8.31. The van der Waals surface area contributed by atoms with Crippen LogP contribution in [0.2, 0.25) is 0 Å². The normalized spacial score (nSPS) is 11.0. The number of anilines is 2. The average Bonchev–Trinajstić information content (AvgIpc) is 2.61. The van der Waals surface area contributed by atoms with Crippen LogP contribution < -0.4 is 21.7 Å². The first kappa shape index (κ1) is 21.5. The van der Waals surface area contributed by atoms with E-state index >= 15 is 0 Å². The lowest BCUT2D eigenvalue weighted by Crippen LogP contribution is -2.27. The summed E-state index contributed by atoms with van der Waals surface area (Å²) in [5.74, 6) is -0.0117. The number of rotatable bonds is 7. The molecule has 0 saturated carbocycles. The lowest BCUT2D eigenvalue weighted by Gasteiger charge is -2.15. The van der Waals surface area contributed by atoms with Gasteiger partial charge in [0, 0.05) is 17.8 Å². The van der Waals surface area contributed by atoms with Crippen molar-refractivity contribution in [1.82, 2.24) is 5.32 Å². The molecule has 0 fully saturated rings. The number of benzene rings is 2. The molecule has 0 radical (unpaired) electrons. The number of hydrogen-bond acceptors (Lipinski definition) is 3. The van der Waals surface area contributed by atoms with Crippen LogP contribution in [0.4, 0.5) is 16.2 Å². The molecular formula is C19H25ClN4O2. The van der Waals surface area contributed by atoms with Crippen molar-refractivity contribution in [3.8, 4) is 0 Å². The maximum absolute atomic E-state index is 12.0. The topological polar surface area (TPSA) is 96.2 Å². The highest BCUT2D eigenvalue weighted by Gasteiger charge is 2.09. The first-order chi connectivity index (χ1) is 12.1. The number of nitrogens with one attached hydrogen (secondary N) is 3. The molecule has 3 amide bonds. The number of carbonyl (C=O) groups is 2. The van der Waals surface area contributed by atoms with Crippen molar-refractivity contribution >= 4 is 35.7 Å². The zero-order valence-corrected chi connectivity index (χ0v) is 15.5. The summed E-state index contributed by atoms with van der Waals surface area (Å²) in [6.45, 7) is 2.43. The van der Waals surface area contributed by atoms with Crippen LogP contribution in [0.25, 0.3) is 0 Å². The second-order valence-electron chi connectivity index (χ2n) is 5.75. The van der Waals surface area contributed by atoms with Gasteiger partial charge in [-0.25, -0.2) is 4.79 Å². The molecule has 7 heteroatoms. The molecule has 0 aliphatic heterocycles. The number of amides is 3. The Morgan fingerprint density at radius 1 is 0.962 bits per heavy atom. The standard InChI is InChI=1S/C19H24N4O2.ClH/c1-14(21-18(24)8-5-13-20)15-9-11-17(12-10-15)23-19(25)22-16-6-3-2-4-7-16;/h2-4,6-7,9-12,14H,5,8,13,20H2,1H3,(H,21,24)(H2,22,23,25);1H. The van der Waals surface area contributed by atoms with Crippen molar-refractivity contribution in [2.24, 2.45) is 5.73 Å².